The Morgan fingerprint density at radius 1 is 1.22 bits per heavy atom. The van der Waals surface area contributed by atoms with Crippen LogP contribution in [0.2, 0.25) is 0 Å². The largest absolute Gasteiger partial charge is 0.385 e. The van der Waals surface area contributed by atoms with E-state index in [9.17, 15) is 4.79 Å². The first-order chi connectivity index (χ1) is 8.63. The molecule has 1 aromatic rings. The number of carbonyl (C=O) groups is 1. The van der Waals surface area contributed by atoms with Gasteiger partial charge in [-0.15, -0.1) is 0 Å². The van der Waals surface area contributed by atoms with Crippen molar-refractivity contribution >= 4 is 17.3 Å². The SMILES string of the molecule is COCCCNc1ccc(NC(=O)C(C)C)cc1. The van der Waals surface area contributed by atoms with Gasteiger partial charge in [0.1, 0.15) is 0 Å². The van der Waals surface area contributed by atoms with Crippen LogP contribution in [0.5, 0.6) is 0 Å². The van der Waals surface area contributed by atoms with Crippen molar-refractivity contribution in [3.05, 3.63) is 24.3 Å². The minimum Gasteiger partial charge on any atom is -0.385 e. The fourth-order valence-electron chi connectivity index (χ4n) is 1.41. The molecule has 0 aliphatic heterocycles. The van der Waals surface area contributed by atoms with Crippen LogP contribution < -0.4 is 10.6 Å². The maximum absolute atomic E-state index is 11.5. The average molecular weight is 250 g/mol. The van der Waals surface area contributed by atoms with Crippen LogP contribution in [-0.2, 0) is 9.53 Å². The van der Waals surface area contributed by atoms with Crippen LogP contribution in [0.1, 0.15) is 20.3 Å². The van der Waals surface area contributed by atoms with Crippen molar-refractivity contribution in [3.63, 3.8) is 0 Å². The summed E-state index contributed by atoms with van der Waals surface area (Å²) in [7, 11) is 1.70. The molecule has 18 heavy (non-hydrogen) atoms. The molecule has 0 saturated heterocycles. The highest BCUT2D eigenvalue weighted by Gasteiger charge is 2.06. The third kappa shape index (κ3) is 5.19. The molecule has 1 amide bonds. The van der Waals surface area contributed by atoms with Gasteiger partial charge >= 0.3 is 0 Å². The summed E-state index contributed by atoms with van der Waals surface area (Å²) in [6.07, 6.45) is 0.975. The van der Waals surface area contributed by atoms with Gasteiger partial charge in [0.25, 0.3) is 0 Å². The first-order valence-electron chi connectivity index (χ1n) is 6.27. The van der Waals surface area contributed by atoms with E-state index in [1.807, 2.05) is 38.1 Å². The molecule has 0 aliphatic carbocycles. The predicted octanol–water partition coefficient (Wildman–Crippen LogP) is 2.73. The molecule has 0 bridgehead atoms. The fourth-order valence-corrected chi connectivity index (χ4v) is 1.41. The second-order valence-electron chi connectivity index (χ2n) is 4.49. The smallest absolute Gasteiger partial charge is 0.226 e. The number of rotatable bonds is 7. The quantitative estimate of drug-likeness (QED) is 0.732. The molecular weight excluding hydrogens is 228 g/mol. The molecule has 0 saturated carbocycles. The molecule has 0 heterocycles. The molecule has 2 N–H and O–H groups in total. The van der Waals surface area contributed by atoms with Crippen LogP contribution in [0.25, 0.3) is 0 Å². The number of hydrogen-bond donors (Lipinski definition) is 2. The first-order valence-corrected chi connectivity index (χ1v) is 6.27. The molecule has 4 nitrogen and oxygen atoms in total. The molecule has 0 aromatic heterocycles. The monoisotopic (exact) mass is 250 g/mol. The summed E-state index contributed by atoms with van der Waals surface area (Å²) in [4.78, 5) is 11.5. The number of carbonyl (C=O) groups excluding carboxylic acids is 1. The molecular formula is C14H22N2O2. The van der Waals surface area contributed by atoms with Crippen molar-refractivity contribution < 1.29 is 9.53 Å². The molecule has 0 atom stereocenters. The Labute approximate surface area is 109 Å². The average Bonchev–Trinajstić information content (AvgIpc) is 2.36. The van der Waals surface area contributed by atoms with Gasteiger partial charge in [0.15, 0.2) is 0 Å². The van der Waals surface area contributed by atoms with Crippen molar-refractivity contribution in [1.82, 2.24) is 0 Å². The molecule has 100 valence electrons. The Morgan fingerprint density at radius 3 is 2.39 bits per heavy atom. The number of benzene rings is 1. The van der Waals surface area contributed by atoms with Crippen LogP contribution in [0.15, 0.2) is 24.3 Å². The molecule has 0 aliphatic rings. The van der Waals surface area contributed by atoms with E-state index in [4.69, 9.17) is 4.74 Å². The Morgan fingerprint density at radius 2 is 1.83 bits per heavy atom. The van der Waals surface area contributed by atoms with E-state index in [1.165, 1.54) is 0 Å². The Balaban J connectivity index is 2.40. The van der Waals surface area contributed by atoms with Crippen LogP contribution >= 0.6 is 0 Å². The number of ether oxygens (including phenoxy) is 1. The summed E-state index contributed by atoms with van der Waals surface area (Å²) in [6.45, 7) is 5.39. The van der Waals surface area contributed by atoms with Gasteiger partial charge in [0.05, 0.1) is 0 Å². The highest BCUT2D eigenvalue weighted by atomic mass is 16.5. The Kier molecular flexibility index (Phi) is 6.22. The lowest BCUT2D eigenvalue weighted by atomic mass is 10.2. The van der Waals surface area contributed by atoms with E-state index in [2.05, 4.69) is 10.6 Å². The number of amides is 1. The van der Waals surface area contributed by atoms with Crippen molar-refractivity contribution in [2.75, 3.05) is 30.9 Å². The zero-order valence-electron chi connectivity index (χ0n) is 11.3. The summed E-state index contributed by atoms with van der Waals surface area (Å²) in [5, 5.41) is 6.15. The molecule has 0 spiro atoms. The first kappa shape index (κ1) is 14.5. The van der Waals surface area contributed by atoms with Crippen molar-refractivity contribution in [2.24, 2.45) is 5.92 Å². The Bertz CT molecular complexity index is 361. The summed E-state index contributed by atoms with van der Waals surface area (Å²) in [5.74, 6) is 0.0349. The van der Waals surface area contributed by atoms with Gasteiger partial charge in [0.2, 0.25) is 5.91 Å². The zero-order valence-corrected chi connectivity index (χ0v) is 11.3. The van der Waals surface area contributed by atoms with E-state index >= 15 is 0 Å². The highest BCUT2D eigenvalue weighted by molar-refractivity contribution is 5.92. The van der Waals surface area contributed by atoms with Crippen molar-refractivity contribution in [2.45, 2.75) is 20.3 Å². The minimum atomic E-state index is -0.00292. The van der Waals surface area contributed by atoms with Crippen LogP contribution in [0.3, 0.4) is 0 Å². The number of methoxy groups -OCH3 is 1. The van der Waals surface area contributed by atoms with Crippen LogP contribution in [0, 0.1) is 5.92 Å². The third-order valence-corrected chi connectivity index (χ3v) is 2.53. The summed E-state index contributed by atoms with van der Waals surface area (Å²) >= 11 is 0. The normalized spacial score (nSPS) is 10.4. The number of nitrogens with one attached hydrogen (secondary N) is 2. The van der Waals surface area contributed by atoms with E-state index in [1.54, 1.807) is 7.11 Å². The van der Waals surface area contributed by atoms with Gasteiger partial charge in [-0.1, -0.05) is 13.8 Å². The van der Waals surface area contributed by atoms with Gasteiger partial charge in [-0.2, -0.15) is 0 Å². The van der Waals surface area contributed by atoms with E-state index in [0.717, 1.165) is 30.9 Å². The van der Waals surface area contributed by atoms with Gasteiger partial charge in [-0.05, 0) is 30.7 Å². The van der Waals surface area contributed by atoms with Crippen LogP contribution in [0.4, 0.5) is 11.4 Å². The molecule has 0 fully saturated rings. The third-order valence-electron chi connectivity index (χ3n) is 2.53. The second kappa shape index (κ2) is 7.71. The lowest BCUT2D eigenvalue weighted by molar-refractivity contribution is -0.118. The predicted molar refractivity (Wildman–Crippen MR) is 74.9 cm³/mol. The summed E-state index contributed by atoms with van der Waals surface area (Å²) in [5.41, 5.74) is 1.88. The van der Waals surface area contributed by atoms with E-state index < -0.39 is 0 Å². The summed E-state index contributed by atoms with van der Waals surface area (Å²) < 4.78 is 4.98. The fraction of sp³-hybridized carbons (Fsp3) is 0.500. The maximum atomic E-state index is 11.5. The molecule has 0 unspecified atom stereocenters. The molecule has 4 heteroatoms. The van der Waals surface area contributed by atoms with Crippen molar-refractivity contribution in [1.29, 1.82) is 0 Å². The second-order valence-corrected chi connectivity index (χ2v) is 4.49. The van der Waals surface area contributed by atoms with Crippen LogP contribution in [-0.4, -0.2) is 26.2 Å². The van der Waals surface area contributed by atoms with E-state index in [0.29, 0.717) is 0 Å². The molecule has 1 aromatic carbocycles. The van der Waals surface area contributed by atoms with Gasteiger partial charge < -0.3 is 15.4 Å². The molecule has 1 rings (SSSR count). The summed E-state index contributed by atoms with van der Waals surface area (Å²) in [6, 6.07) is 7.73. The standard InChI is InChI=1S/C14H22N2O2/c1-11(2)14(17)16-13-7-5-12(6-8-13)15-9-4-10-18-3/h5-8,11,15H,4,9-10H2,1-3H3,(H,16,17). The number of hydrogen-bond acceptors (Lipinski definition) is 3. The maximum Gasteiger partial charge on any atom is 0.226 e. The zero-order chi connectivity index (χ0) is 13.4. The van der Waals surface area contributed by atoms with E-state index in [-0.39, 0.29) is 11.8 Å². The highest BCUT2D eigenvalue weighted by Crippen LogP contribution is 2.14. The topological polar surface area (TPSA) is 50.4 Å². The lowest BCUT2D eigenvalue weighted by Crippen LogP contribution is -2.17. The number of anilines is 2. The van der Waals surface area contributed by atoms with Crippen molar-refractivity contribution in [3.8, 4) is 0 Å². The lowest BCUT2D eigenvalue weighted by Gasteiger charge is -2.09. The van der Waals surface area contributed by atoms with Gasteiger partial charge in [-0.25, -0.2) is 0 Å². The minimum absolute atomic E-state index is 0.00292. The van der Waals surface area contributed by atoms with Gasteiger partial charge in [-0.3, -0.25) is 4.79 Å². The molecule has 0 radical (unpaired) electrons. The van der Waals surface area contributed by atoms with Gasteiger partial charge in [0, 0.05) is 37.6 Å². The Hall–Kier alpha value is -1.55.